The highest BCUT2D eigenvalue weighted by atomic mass is 35.5. The number of nitro groups is 1. The van der Waals surface area contributed by atoms with Crippen molar-refractivity contribution in [1.29, 1.82) is 0 Å². The van der Waals surface area contributed by atoms with Crippen LogP contribution in [0.1, 0.15) is 11.4 Å². The van der Waals surface area contributed by atoms with Gasteiger partial charge in [0.2, 0.25) is 0 Å². The van der Waals surface area contributed by atoms with Gasteiger partial charge in [0.25, 0.3) is 11.2 Å². The van der Waals surface area contributed by atoms with Gasteiger partial charge in [-0.15, -0.1) is 0 Å². The number of hydrogen-bond acceptors (Lipinski definition) is 6. The molecule has 4 aromatic rings. The second kappa shape index (κ2) is 9.13. The van der Waals surface area contributed by atoms with Crippen molar-refractivity contribution >= 4 is 40.3 Å². The van der Waals surface area contributed by atoms with Crippen LogP contribution < -0.4 is 15.0 Å². The van der Waals surface area contributed by atoms with Gasteiger partial charge in [-0.05, 0) is 42.0 Å². The van der Waals surface area contributed by atoms with Crippen LogP contribution in [0.3, 0.4) is 0 Å². The molecule has 0 saturated carbocycles. The molecule has 0 aliphatic rings. The minimum atomic E-state index is -0.499. The van der Waals surface area contributed by atoms with Crippen molar-refractivity contribution in [2.45, 2.75) is 0 Å². The Kier molecular flexibility index (Phi) is 6.10. The fourth-order valence-corrected chi connectivity index (χ4v) is 3.59. The lowest BCUT2D eigenvalue weighted by molar-refractivity contribution is -0.384. The third-order valence-electron chi connectivity index (χ3n) is 5.04. The zero-order valence-electron chi connectivity index (χ0n) is 17.7. The van der Waals surface area contributed by atoms with Gasteiger partial charge < -0.3 is 9.47 Å². The maximum absolute atomic E-state index is 13.5. The van der Waals surface area contributed by atoms with E-state index in [9.17, 15) is 14.9 Å². The summed E-state index contributed by atoms with van der Waals surface area (Å²) in [7, 11) is 2.98. The number of ether oxygens (including phenoxy) is 2. The number of rotatable bonds is 6. The number of methoxy groups -OCH3 is 2. The number of aromatic nitrogens is 2. The maximum Gasteiger partial charge on any atom is 0.269 e. The average Bonchev–Trinajstić information content (AvgIpc) is 2.83. The lowest BCUT2D eigenvalue weighted by atomic mass is 10.2. The fraction of sp³-hybridized carbons (Fsp3) is 0.0833. The van der Waals surface area contributed by atoms with E-state index in [1.807, 2.05) is 18.2 Å². The molecule has 0 atom stereocenters. The third-order valence-corrected chi connectivity index (χ3v) is 5.38. The summed E-state index contributed by atoms with van der Waals surface area (Å²) in [4.78, 5) is 28.8. The molecular formula is C24H18ClN3O5. The summed E-state index contributed by atoms with van der Waals surface area (Å²) in [5, 5.41) is 11.9. The molecule has 0 saturated heterocycles. The van der Waals surface area contributed by atoms with Gasteiger partial charge in [-0.2, -0.15) is 0 Å². The first-order chi connectivity index (χ1) is 15.9. The average molecular weight is 464 g/mol. The third kappa shape index (κ3) is 4.28. The lowest BCUT2D eigenvalue weighted by Crippen LogP contribution is -2.22. The van der Waals surface area contributed by atoms with Crippen molar-refractivity contribution in [2.24, 2.45) is 0 Å². The molecule has 0 amide bonds. The minimum absolute atomic E-state index is 0.0832. The van der Waals surface area contributed by atoms with Gasteiger partial charge in [-0.25, -0.2) is 4.98 Å². The number of halogens is 1. The molecule has 3 aromatic carbocycles. The van der Waals surface area contributed by atoms with Gasteiger partial charge >= 0.3 is 0 Å². The monoisotopic (exact) mass is 463 g/mol. The zero-order chi connectivity index (χ0) is 23.5. The van der Waals surface area contributed by atoms with E-state index < -0.39 is 4.92 Å². The second-order valence-electron chi connectivity index (χ2n) is 6.96. The molecule has 33 heavy (non-hydrogen) atoms. The van der Waals surface area contributed by atoms with Crippen LogP contribution >= 0.6 is 11.6 Å². The van der Waals surface area contributed by atoms with Gasteiger partial charge in [0.05, 0.1) is 35.7 Å². The Morgan fingerprint density at radius 1 is 1.00 bits per heavy atom. The Morgan fingerprint density at radius 3 is 2.30 bits per heavy atom. The van der Waals surface area contributed by atoms with Gasteiger partial charge in [-0.3, -0.25) is 19.5 Å². The highest BCUT2D eigenvalue weighted by molar-refractivity contribution is 6.32. The molecule has 0 N–H and O–H groups in total. The Hall–Kier alpha value is -4.17. The summed E-state index contributed by atoms with van der Waals surface area (Å²) in [5.74, 6) is 1.14. The molecule has 0 bridgehead atoms. The van der Waals surface area contributed by atoms with E-state index in [4.69, 9.17) is 21.1 Å². The van der Waals surface area contributed by atoms with Crippen LogP contribution in [0.2, 0.25) is 5.02 Å². The first kappa shape index (κ1) is 22.0. The SMILES string of the molecule is COc1cc2nc(/C=C/c3ccccc3Cl)n(-c3ccc([N+](=O)[O-])cc3)c(=O)c2cc1OC. The Morgan fingerprint density at radius 2 is 1.67 bits per heavy atom. The second-order valence-corrected chi connectivity index (χ2v) is 7.37. The lowest BCUT2D eigenvalue weighted by Gasteiger charge is -2.13. The molecule has 0 aliphatic carbocycles. The van der Waals surface area contributed by atoms with Crippen LogP contribution in [-0.4, -0.2) is 28.7 Å². The van der Waals surface area contributed by atoms with Crippen LogP contribution in [0.4, 0.5) is 5.69 Å². The molecule has 1 heterocycles. The highest BCUT2D eigenvalue weighted by Gasteiger charge is 2.16. The largest absolute Gasteiger partial charge is 0.493 e. The number of nitro benzene ring substituents is 1. The van der Waals surface area contributed by atoms with E-state index >= 15 is 0 Å². The van der Waals surface area contributed by atoms with Crippen molar-refractivity contribution < 1.29 is 14.4 Å². The first-order valence-corrected chi connectivity index (χ1v) is 10.2. The molecule has 4 rings (SSSR count). The van der Waals surface area contributed by atoms with Gasteiger partial charge in [0.1, 0.15) is 5.82 Å². The van der Waals surface area contributed by atoms with E-state index in [1.165, 1.54) is 43.1 Å². The predicted molar refractivity (Wildman–Crippen MR) is 127 cm³/mol. The molecule has 166 valence electrons. The van der Waals surface area contributed by atoms with E-state index in [1.54, 1.807) is 30.4 Å². The zero-order valence-corrected chi connectivity index (χ0v) is 18.4. The first-order valence-electron chi connectivity index (χ1n) is 9.79. The summed E-state index contributed by atoms with van der Waals surface area (Å²) in [6.07, 6.45) is 3.42. The summed E-state index contributed by atoms with van der Waals surface area (Å²) in [6, 6.07) is 16.1. The Labute approximate surface area is 193 Å². The molecule has 0 unspecified atom stereocenters. The predicted octanol–water partition coefficient (Wildman–Crippen LogP) is 5.13. The summed E-state index contributed by atoms with van der Waals surface area (Å²) in [6.45, 7) is 0. The van der Waals surface area contributed by atoms with Gasteiger partial charge in [0, 0.05) is 23.2 Å². The molecule has 0 spiro atoms. The molecule has 0 fully saturated rings. The number of non-ortho nitro benzene ring substituents is 1. The topological polar surface area (TPSA) is 96.5 Å². The van der Waals surface area contributed by atoms with Gasteiger partial charge in [-0.1, -0.05) is 29.8 Å². The Bertz CT molecular complexity index is 1450. The van der Waals surface area contributed by atoms with Gasteiger partial charge in [0.15, 0.2) is 11.5 Å². The van der Waals surface area contributed by atoms with Crippen molar-refractivity contribution in [3.8, 4) is 17.2 Å². The molecule has 1 aromatic heterocycles. The van der Waals surface area contributed by atoms with Crippen molar-refractivity contribution in [1.82, 2.24) is 9.55 Å². The highest BCUT2D eigenvalue weighted by Crippen LogP contribution is 2.31. The summed E-state index contributed by atoms with van der Waals surface area (Å²) in [5.41, 5.74) is 1.13. The smallest absolute Gasteiger partial charge is 0.269 e. The van der Waals surface area contributed by atoms with E-state index in [0.29, 0.717) is 38.9 Å². The van der Waals surface area contributed by atoms with Crippen molar-refractivity contribution in [3.63, 3.8) is 0 Å². The van der Waals surface area contributed by atoms with Crippen LogP contribution in [0.25, 0.3) is 28.7 Å². The molecule has 8 nitrogen and oxygen atoms in total. The van der Waals surface area contributed by atoms with E-state index in [-0.39, 0.29) is 11.2 Å². The molecule has 9 heteroatoms. The summed E-state index contributed by atoms with van der Waals surface area (Å²) < 4.78 is 12.1. The van der Waals surface area contributed by atoms with Crippen LogP contribution in [0.15, 0.2) is 65.5 Å². The normalized spacial score (nSPS) is 11.1. The van der Waals surface area contributed by atoms with E-state index in [0.717, 1.165) is 5.56 Å². The number of fused-ring (bicyclic) bond motifs is 1. The minimum Gasteiger partial charge on any atom is -0.493 e. The maximum atomic E-state index is 13.5. The molecular weight excluding hydrogens is 446 g/mol. The quantitative estimate of drug-likeness (QED) is 0.290. The number of nitrogens with zero attached hydrogens (tertiary/aromatic N) is 3. The van der Waals surface area contributed by atoms with Crippen LogP contribution in [-0.2, 0) is 0 Å². The standard InChI is InChI=1S/C24H18ClN3O5/c1-32-21-13-18-20(14-22(21)33-2)26-23(12-7-15-5-3-4-6-19(15)25)27(24(18)29)16-8-10-17(11-9-16)28(30)31/h3-14H,1-2H3/b12-7+. The van der Waals surface area contributed by atoms with Crippen LogP contribution in [0.5, 0.6) is 11.5 Å². The fourth-order valence-electron chi connectivity index (χ4n) is 3.39. The number of benzene rings is 3. The summed E-state index contributed by atoms with van der Waals surface area (Å²) >= 11 is 6.26. The van der Waals surface area contributed by atoms with Crippen LogP contribution in [0, 0.1) is 10.1 Å². The van der Waals surface area contributed by atoms with Crippen molar-refractivity contribution in [2.75, 3.05) is 14.2 Å². The van der Waals surface area contributed by atoms with Crippen molar-refractivity contribution in [3.05, 3.63) is 97.5 Å². The molecule has 0 aliphatic heterocycles. The Balaban J connectivity index is 1.98. The number of hydrogen-bond donors (Lipinski definition) is 0. The van der Waals surface area contributed by atoms with E-state index in [2.05, 4.69) is 4.98 Å². The molecule has 0 radical (unpaired) electrons.